The molecule has 0 bridgehead atoms. The first-order valence-corrected chi connectivity index (χ1v) is 24.0. The van der Waals surface area contributed by atoms with Crippen molar-refractivity contribution in [1.82, 2.24) is 5.32 Å². The summed E-state index contributed by atoms with van der Waals surface area (Å²) in [7, 11) is -0.520. The quantitative estimate of drug-likeness (QED) is 0.132. The lowest BCUT2D eigenvalue weighted by Gasteiger charge is -2.37. The number of nitrogens with one attached hydrogen (secondary N) is 2. The van der Waals surface area contributed by atoms with E-state index in [0.717, 1.165) is 103 Å². The summed E-state index contributed by atoms with van der Waals surface area (Å²) in [5.74, 6) is 3.46. The van der Waals surface area contributed by atoms with Gasteiger partial charge in [0.2, 0.25) is 0 Å². The number of rotatable bonds is 17. The van der Waals surface area contributed by atoms with Crippen LogP contribution in [0.1, 0.15) is 161 Å². The third-order valence-electron chi connectivity index (χ3n) is 14.2. The molecule has 0 fully saturated rings. The maximum Gasteiger partial charge on any atom is 0.275 e. The van der Waals surface area contributed by atoms with Crippen LogP contribution < -0.4 is 24.2 Å². The maximum atomic E-state index is 7.22. The van der Waals surface area contributed by atoms with E-state index in [-0.39, 0.29) is 39.7 Å². The Morgan fingerprint density at radius 3 is 1.65 bits per heavy atom. The molecular formula is C52H72N2O4P2. The summed E-state index contributed by atoms with van der Waals surface area (Å²) in [4.78, 5) is 0. The minimum Gasteiger partial charge on any atom is -0.440 e. The Morgan fingerprint density at radius 2 is 1.10 bits per heavy atom. The standard InChI is InChI=1S/C52H72N2O4P2/c1-15-49(7,8)37-31-39(51(11,12)17-3)47(57-59-55-43-27-19-25-41-35(43)23-21-29-53-41)45(33(37)5)46-34(6)38(50(9,10)16-2)32-40(52(13,14)18-4)48(46)58-60-56-44-28-20-26-42-36(44)24-22-30-54-42/h19,21-25,27-28,31-32,53-54,59-60H,15-18,20,26,29-30H2,1-14H3. The molecule has 6 rings (SSSR count). The smallest absolute Gasteiger partial charge is 0.275 e. The zero-order chi connectivity index (χ0) is 43.6. The number of anilines is 1. The van der Waals surface area contributed by atoms with Crippen LogP contribution >= 0.6 is 18.1 Å². The second kappa shape index (κ2) is 18.3. The number of dihydropyridines is 1. The molecule has 0 radical (unpaired) electrons. The maximum absolute atomic E-state index is 7.22. The van der Waals surface area contributed by atoms with Gasteiger partial charge in [-0.1, -0.05) is 126 Å². The zero-order valence-electron chi connectivity index (χ0n) is 39.1. The molecule has 8 heteroatoms. The molecule has 2 heterocycles. The molecule has 1 aliphatic carbocycles. The highest BCUT2D eigenvalue weighted by Gasteiger charge is 2.38. The fourth-order valence-electron chi connectivity index (χ4n) is 8.59. The first-order chi connectivity index (χ1) is 28.4. The van der Waals surface area contributed by atoms with Gasteiger partial charge in [-0.25, -0.2) is 0 Å². The van der Waals surface area contributed by atoms with E-state index in [4.69, 9.17) is 18.1 Å². The molecule has 3 aromatic rings. The van der Waals surface area contributed by atoms with Crippen molar-refractivity contribution in [3.8, 4) is 28.4 Å². The van der Waals surface area contributed by atoms with Gasteiger partial charge in [-0.2, -0.15) is 0 Å². The summed E-state index contributed by atoms with van der Waals surface area (Å²) in [6, 6.07) is 11.1. The summed E-state index contributed by atoms with van der Waals surface area (Å²) >= 11 is 0. The van der Waals surface area contributed by atoms with Gasteiger partial charge in [-0.3, -0.25) is 0 Å². The van der Waals surface area contributed by atoms with Crippen molar-refractivity contribution < 1.29 is 18.1 Å². The average molecular weight is 851 g/mol. The molecule has 2 aliphatic heterocycles. The number of hydrogen-bond acceptors (Lipinski definition) is 6. The highest BCUT2D eigenvalue weighted by Crippen LogP contribution is 2.56. The molecule has 0 amide bonds. The largest absolute Gasteiger partial charge is 0.440 e. The van der Waals surface area contributed by atoms with Crippen molar-refractivity contribution in [2.45, 2.75) is 157 Å². The van der Waals surface area contributed by atoms with Gasteiger partial charge >= 0.3 is 0 Å². The van der Waals surface area contributed by atoms with Crippen LogP contribution in [0.5, 0.6) is 17.2 Å². The minimum atomic E-state index is -0.274. The summed E-state index contributed by atoms with van der Waals surface area (Å²) in [5.41, 5.74) is 13.6. The highest BCUT2D eigenvalue weighted by molar-refractivity contribution is 7.27. The van der Waals surface area contributed by atoms with Gasteiger partial charge in [0.05, 0.1) is 0 Å². The lowest BCUT2D eigenvalue weighted by molar-refractivity contribution is 0.417. The Labute approximate surface area is 366 Å². The van der Waals surface area contributed by atoms with E-state index in [1.54, 1.807) is 0 Å². The first kappa shape index (κ1) is 45.8. The SMILES string of the molecule is CCC(C)(C)c1cc(C(C)(C)CC)c(OPOC2=CCCC3=C2C=CCN3)c(-c2c(C)c(C(C)(C)CC)cc(C(C)(C)CC)c2OPOc2cccc3c2C=CCN3)c1C. The fourth-order valence-corrected chi connectivity index (χ4v) is 9.81. The summed E-state index contributed by atoms with van der Waals surface area (Å²) in [6.45, 7) is 34.4. The third-order valence-corrected chi connectivity index (χ3v) is 15.3. The normalized spacial score (nSPS) is 15.9. The Bertz CT molecular complexity index is 2200. The fraction of sp³-hybridized carbons (Fsp3) is 0.500. The van der Waals surface area contributed by atoms with Gasteiger partial charge in [0.1, 0.15) is 23.0 Å². The molecule has 324 valence electrons. The predicted molar refractivity (Wildman–Crippen MR) is 260 cm³/mol. The van der Waals surface area contributed by atoms with Crippen LogP contribution in [0.15, 0.2) is 71.7 Å². The summed E-state index contributed by atoms with van der Waals surface area (Å²) < 4.78 is 27.7. The molecule has 0 spiro atoms. The van der Waals surface area contributed by atoms with Gasteiger partial charge < -0.3 is 28.7 Å². The topological polar surface area (TPSA) is 61.0 Å². The van der Waals surface area contributed by atoms with Crippen LogP contribution in [0.25, 0.3) is 17.2 Å². The van der Waals surface area contributed by atoms with Gasteiger partial charge in [-0.05, 0) is 114 Å². The molecular weight excluding hydrogens is 779 g/mol. The first-order valence-electron chi connectivity index (χ1n) is 22.3. The van der Waals surface area contributed by atoms with Crippen LogP contribution in [-0.2, 0) is 26.2 Å². The van der Waals surface area contributed by atoms with E-state index in [0.29, 0.717) is 0 Å². The number of benzene rings is 3. The van der Waals surface area contributed by atoms with E-state index < -0.39 is 0 Å². The van der Waals surface area contributed by atoms with Crippen LogP contribution in [0.2, 0.25) is 0 Å². The van der Waals surface area contributed by atoms with Crippen LogP contribution in [-0.4, -0.2) is 13.1 Å². The zero-order valence-corrected chi connectivity index (χ0v) is 41.1. The van der Waals surface area contributed by atoms with E-state index in [1.165, 1.54) is 39.1 Å². The van der Waals surface area contributed by atoms with E-state index >= 15 is 0 Å². The lowest BCUT2D eigenvalue weighted by Crippen LogP contribution is -2.25. The van der Waals surface area contributed by atoms with E-state index in [2.05, 4.69) is 156 Å². The van der Waals surface area contributed by atoms with Gasteiger partial charge in [0.25, 0.3) is 18.1 Å². The molecule has 2 N–H and O–H groups in total. The van der Waals surface area contributed by atoms with Gasteiger partial charge in [-0.15, -0.1) is 0 Å². The van der Waals surface area contributed by atoms with Crippen molar-refractivity contribution in [2.24, 2.45) is 0 Å². The molecule has 2 unspecified atom stereocenters. The van der Waals surface area contributed by atoms with E-state index in [9.17, 15) is 0 Å². The predicted octanol–water partition coefficient (Wildman–Crippen LogP) is 15.1. The van der Waals surface area contributed by atoms with Crippen molar-refractivity contribution in [3.05, 3.63) is 111 Å². The Hall–Kier alpha value is -3.72. The van der Waals surface area contributed by atoms with Crippen molar-refractivity contribution >= 4 is 29.8 Å². The molecule has 3 aliphatic rings. The average Bonchev–Trinajstić information content (AvgIpc) is 3.24. The Balaban J connectivity index is 1.63. The molecule has 60 heavy (non-hydrogen) atoms. The monoisotopic (exact) mass is 850 g/mol. The summed E-state index contributed by atoms with van der Waals surface area (Å²) in [6.07, 6.45) is 16.7. The minimum absolute atomic E-state index is 0.0929. The molecule has 3 aromatic carbocycles. The number of allylic oxidation sites excluding steroid dienone is 3. The lowest BCUT2D eigenvalue weighted by atomic mass is 9.69. The van der Waals surface area contributed by atoms with Crippen molar-refractivity contribution in [1.29, 1.82) is 0 Å². The number of hydrogen-bond donors (Lipinski definition) is 2. The number of fused-ring (bicyclic) bond motifs is 1. The van der Waals surface area contributed by atoms with Crippen molar-refractivity contribution in [2.75, 3.05) is 18.4 Å². The Kier molecular flexibility index (Phi) is 14.0. The molecule has 2 atom stereocenters. The molecule has 0 aromatic heterocycles. The summed E-state index contributed by atoms with van der Waals surface area (Å²) in [5, 5.41) is 7.04. The van der Waals surface area contributed by atoms with Crippen molar-refractivity contribution in [3.63, 3.8) is 0 Å². The molecule has 0 saturated carbocycles. The Morgan fingerprint density at radius 1 is 0.600 bits per heavy atom. The van der Waals surface area contributed by atoms with Gasteiger partial charge in [0, 0.05) is 57.9 Å². The second-order valence-corrected chi connectivity index (χ2v) is 20.6. The third kappa shape index (κ3) is 9.08. The van der Waals surface area contributed by atoms with E-state index in [1.807, 2.05) is 12.1 Å². The second-order valence-electron chi connectivity index (χ2n) is 19.4. The molecule has 0 saturated heterocycles. The van der Waals surface area contributed by atoms with Crippen LogP contribution in [0, 0.1) is 13.8 Å². The van der Waals surface area contributed by atoms with Crippen LogP contribution in [0.3, 0.4) is 0 Å². The molecule has 6 nitrogen and oxygen atoms in total. The highest BCUT2D eigenvalue weighted by atomic mass is 31.1. The van der Waals surface area contributed by atoms with Crippen LogP contribution in [0.4, 0.5) is 5.69 Å². The van der Waals surface area contributed by atoms with Gasteiger partial charge in [0.15, 0.2) is 0 Å².